The number of hydrogen-bond donors (Lipinski definition) is 2. The molecular weight excluding hydrogens is 466 g/mol. The van der Waals surface area contributed by atoms with Gasteiger partial charge < -0.3 is 15.4 Å². The number of benzene rings is 3. The van der Waals surface area contributed by atoms with Crippen LogP contribution in [0.2, 0.25) is 0 Å². The Morgan fingerprint density at radius 3 is 2.43 bits per heavy atom. The molecule has 2 N–H and O–H groups in total. The van der Waals surface area contributed by atoms with Crippen LogP contribution in [-0.2, 0) is 12.0 Å². The molecule has 8 heteroatoms. The Morgan fingerprint density at radius 1 is 0.973 bits per heavy atom. The van der Waals surface area contributed by atoms with E-state index >= 15 is 0 Å². The molecule has 0 saturated heterocycles. The molecule has 0 spiro atoms. The number of methoxy groups -OCH3 is 1. The predicted molar refractivity (Wildman–Crippen MR) is 143 cm³/mol. The zero-order valence-corrected chi connectivity index (χ0v) is 21.7. The van der Waals surface area contributed by atoms with Crippen LogP contribution >= 0.6 is 0 Å². The van der Waals surface area contributed by atoms with E-state index in [-0.39, 0.29) is 22.9 Å². The van der Waals surface area contributed by atoms with Crippen LogP contribution < -0.4 is 15.4 Å². The maximum absolute atomic E-state index is 13.2. The number of amides is 2. The second kappa shape index (κ2) is 10.7. The summed E-state index contributed by atoms with van der Waals surface area (Å²) < 4.78 is 6.96. The van der Waals surface area contributed by atoms with E-state index in [0.29, 0.717) is 29.2 Å². The molecule has 0 atom stereocenters. The fourth-order valence-electron chi connectivity index (χ4n) is 3.82. The van der Waals surface area contributed by atoms with Gasteiger partial charge in [0.05, 0.1) is 24.7 Å². The van der Waals surface area contributed by atoms with Gasteiger partial charge in [0.15, 0.2) is 5.69 Å². The number of hydrogen-bond acceptors (Lipinski definition) is 5. The van der Waals surface area contributed by atoms with Crippen molar-refractivity contribution < 1.29 is 14.3 Å². The Morgan fingerprint density at radius 2 is 1.73 bits per heavy atom. The van der Waals surface area contributed by atoms with Crippen LogP contribution in [0.5, 0.6) is 5.75 Å². The highest BCUT2D eigenvalue weighted by Gasteiger charge is 2.19. The first-order chi connectivity index (χ1) is 17.7. The minimum Gasteiger partial charge on any atom is -0.495 e. The lowest BCUT2D eigenvalue weighted by Gasteiger charge is -2.21. The Kier molecular flexibility index (Phi) is 7.38. The summed E-state index contributed by atoms with van der Waals surface area (Å²) in [6.45, 7) is 8.63. The van der Waals surface area contributed by atoms with Gasteiger partial charge in [0.1, 0.15) is 5.75 Å². The number of ether oxygens (including phenoxy) is 1. The number of carbonyl (C=O) groups is 2. The van der Waals surface area contributed by atoms with Crippen molar-refractivity contribution in [3.63, 3.8) is 0 Å². The van der Waals surface area contributed by atoms with E-state index in [9.17, 15) is 9.59 Å². The third-order valence-corrected chi connectivity index (χ3v) is 6.05. The molecule has 0 fully saturated rings. The Labute approximate surface area is 216 Å². The van der Waals surface area contributed by atoms with Crippen LogP contribution in [0, 0.1) is 6.92 Å². The number of nitrogens with zero attached hydrogens (tertiary/aromatic N) is 3. The first-order valence-corrected chi connectivity index (χ1v) is 12.0. The largest absolute Gasteiger partial charge is 0.495 e. The molecule has 0 aliphatic rings. The summed E-state index contributed by atoms with van der Waals surface area (Å²) in [5, 5.41) is 14.0. The van der Waals surface area contributed by atoms with Crippen molar-refractivity contribution in [2.24, 2.45) is 0 Å². The zero-order valence-electron chi connectivity index (χ0n) is 21.7. The first-order valence-electron chi connectivity index (χ1n) is 12.0. The Hall–Kier alpha value is -4.46. The molecular formula is C29H31N5O3. The van der Waals surface area contributed by atoms with Crippen LogP contribution in [-0.4, -0.2) is 33.9 Å². The van der Waals surface area contributed by atoms with Crippen molar-refractivity contribution in [3.8, 4) is 11.4 Å². The van der Waals surface area contributed by atoms with Gasteiger partial charge in [-0.15, -0.1) is 5.10 Å². The number of carbonyl (C=O) groups excluding carboxylic acids is 2. The van der Waals surface area contributed by atoms with E-state index in [0.717, 1.165) is 16.7 Å². The minimum absolute atomic E-state index is 0.0824. The van der Waals surface area contributed by atoms with Crippen LogP contribution in [0.15, 0.2) is 72.9 Å². The van der Waals surface area contributed by atoms with Crippen molar-refractivity contribution in [2.45, 2.75) is 39.7 Å². The maximum atomic E-state index is 13.2. The molecule has 0 aliphatic heterocycles. The summed E-state index contributed by atoms with van der Waals surface area (Å²) >= 11 is 0. The fraction of sp³-hybridized carbons (Fsp3) is 0.241. The Bertz CT molecular complexity index is 1420. The molecule has 3 aromatic carbocycles. The Balaban J connectivity index is 1.53. The second-order valence-corrected chi connectivity index (χ2v) is 9.84. The summed E-state index contributed by atoms with van der Waals surface area (Å²) in [5.74, 6) is -0.0323. The molecule has 1 heterocycles. The lowest BCUT2D eigenvalue weighted by molar-refractivity contribution is 0.0945. The lowest BCUT2D eigenvalue weighted by atomic mass is 9.87. The third kappa shape index (κ3) is 6.03. The number of nitrogens with one attached hydrogen (secondary N) is 2. The van der Waals surface area contributed by atoms with Gasteiger partial charge in [0, 0.05) is 12.1 Å². The van der Waals surface area contributed by atoms with Gasteiger partial charge in [-0.2, -0.15) is 0 Å². The highest BCUT2D eigenvalue weighted by molar-refractivity contribution is 6.05. The smallest absolute Gasteiger partial charge is 0.273 e. The highest BCUT2D eigenvalue weighted by atomic mass is 16.5. The van der Waals surface area contributed by atoms with E-state index in [2.05, 4.69) is 41.7 Å². The number of anilines is 1. The summed E-state index contributed by atoms with van der Waals surface area (Å²) in [7, 11) is 1.57. The van der Waals surface area contributed by atoms with E-state index < -0.39 is 0 Å². The maximum Gasteiger partial charge on any atom is 0.273 e. The molecule has 37 heavy (non-hydrogen) atoms. The standard InChI is InChI=1S/C29H31N5O3/c1-19-11-12-21(27(35)31-23-16-22(29(2,3)4)13-14-26(23)37-5)15-25(19)34-18-24(32-33-34)28(36)30-17-20-9-7-6-8-10-20/h6-16,18H,17H2,1-5H3,(H,30,36)(H,31,35). The molecule has 2 amide bonds. The molecule has 0 bridgehead atoms. The first kappa shape index (κ1) is 25.6. The topological polar surface area (TPSA) is 98.1 Å². The highest BCUT2D eigenvalue weighted by Crippen LogP contribution is 2.32. The molecule has 8 nitrogen and oxygen atoms in total. The van der Waals surface area contributed by atoms with Gasteiger partial charge in [-0.05, 0) is 53.3 Å². The normalized spacial score (nSPS) is 11.2. The average Bonchev–Trinajstić information content (AvgIpc) is 3.38. The SMILES string of the molecule is COc1ccc(C(C)(C)C)cc1NC(=O)c1ccc(C)c(-n2cc(C(=O)NCc3ccccc3)nn2)c1. The van der Waals surface area contributed by atoms with Gasteiger partial charge in [0.25, 0.3) is 11.8 Å². The third-order valence-electron chi connectivity index (χ3n) is 6.05. The lowest BCUT2D eigenvalue weighted by Crippen LogP contribution is -2.23. The summed E-state index contributed by atoms with van der Waals surface area (Å²) in [6, 6.07) is 20.7. The van der Waals surface area contributed by atoms with Crippen LogP contribution in [0.4, 0.5) is 5.69 Å². The van der Waals surface area contributed by atoms with Crippen molar-refractivity contribution in [1.29, 1.82) is 0 Å². The number of rotatable bonds is 7. The van der Waals surface area contributed by atoms with Gasteiger partial charge in [-0.25, -0.2) is 4.68 Å². The number of aromatic nitrogens is 3. The van der Waals surface area contributed by atoms with Crippen LogP contribution in [0.25, 0.3) is 5.69 Å². The fourth-order valence-corrected chi connectivity index (χ4v) is 3.82. The predicted octanol–water partition coefficient (Wildman–Crippen LogP) is 5.06. The molecule has 0 radical (unpaired) electrons. The van der Waals surface area contributed by atoms with Crippen molar-refractivity contribution in [3.05, 3.63) is 101 Å². The summed E-state index contributed by atoms with van der Waals surface area (Å²) in [6.07, 6.45) is 1.56. The molecule has 190 valence electrons. The summed E-state index contributed by atoms with van der Waals surface area (Å²) in [5.41, 5.74) is 4.74. The molecule has 0 aliphatic carbocycles. The second-order valence-electron chi connectivity index (χ2n) is 9.84. The van der Waals surface area contributed by atoms with E-state index in [1.807, 2.05) is 61.5 Å². The van der Waals surface area contributed by atoms with Crippen molar-refractivity contribution in [1.82, 2.24) is 20.3 Å². The zero-order chi connectivity index (χ0) is 26.6. The monoisotopic (exact) mass is 497 g/mol. The number of aryl methyl sites for hydroxylation is 1. The van der Waals surface area contributed by atoms with Crippen molar-refractivity contribution in [2.75, 3.05) is 12.4 Å². The van der Waals surface area contributed by atoms with E-state index in [1.54, 1.807) is 25.4 Å². The van der Waals surface area contributed by atoms with Gasteiger partial charge in [-0.3, -0.25) is 9.59 Å². The molecule has 4 aromatic rings. The minimum atomic E-state index is -0.326. The average molecular weight is 498 g/mol. The molecule has 1 aromatic heterocycles. The van der Waals surface area contributed by atoms with Gasteiger partial charge in [0.2, 0.25) is 0 Å². The van der Waals surface area contributed by atoms with Crippen LogP contribution in [0.1, 0.15) is 58.3 Å². The van der Waals surface area contributed by atoms with E-state index in [1.165, 1.54) is 4.68 Å². The molecule has 4 rings (SSSR count). The molecule has 0 saturated carbocycles. The van der Waals surface area contributed by atoms with Crippen LogP contribution in [0.3, 0.4) is 0 Å². The molecule has 0 unspecified atom stereocenters. The quantitative estimate of drug-likeness (QED) is 0.372. The van der Waals surface area contributed by atoms with Crippen molar-refractivity contribution >= 4 is 17.5 Å². The van der Waals surface area contributed by atoms with Gasteiger partial charge >= 0.3 is 0 Å². The van der Waals surface area contributed by atoms with E-state index in [4.69, 9.17) is 4.74 Å². The van der Waals surface area contributed by atoms with Gasteiger partial charge in [-0.1, -0.05) is 68.4 Å². The summed E-state index contributed by atoms with van der Waals surface area (Å²) in [4.78, 5) is 25.8.